The molecule has 2 N–H and O–H groups in total. The van der Waals surface area contributed by atoms with Crippen molar-refractivity contribution in [1.29, 1.82) is 0 Å². The third-order valence-electron chi connectivity index (χ3n) is 3.91. The Balaban J connectivity index is 1.77. The van der Waals surface area contributed by atoms with Crippen LogP contribution in [0.15, 0.2) is 47.2 Å². The molecule has 9 nitrogen and oxygen atoms in total. The van der Waals surface area contributed by atoms with Gasteiger partial charge in [-0.2, -0.15) is 5.10 Å². The van der Waals surface area contributed by atoms with Gasteiger partial charge in [-0.05, 0) is 24.3 Å². The van der Waals surface area contributed by atoms with E-state index in [2.05, 4.69) is 15.7 Å². The Morgan fingerprint density at radius 1 is 1.14 bits per heavy atom. The highest BCUT2D eigenvalue weighted by atomic mass is 16.5. The van der Waals surface area contributed by atoms with Crippen LogP contribution < -0.4 is 20.1 Å². The maximum Gasteiger partial charge on any atom is 0.274 e. The zero-order valence-corrected chi connectivity index (χ0v) is 15.7. The number of ether oxygens (including phenoxy) is 2. The predicted octanol–water partition coefficient (Wildman–Crippen LogP) is 2.21. The molecule has 2 amide bonds. The summed E-state index contributed by atoms with van der Waals surface area (Å²) in [6.07, 6.45) is 3.08. The molecule has 9 heteroatoms. The standard InChI is InChI=1S/C19H20N4O5/c1-23-11-16(17(22-23)19(25)20-10-13-5-4-6-28-13)21-18(24)12-7-14(26-2)9-15(8-12)27-3/h4-9,11H,10H2,1-3H3,(H,20,25)(H,21,24). The van der Waals surface area contributed by atoms with E-state index in [4.69, 9.17) is 13.9 Å². The highest BCUT2D eigenvalue weighted by Crippen LogP contribution is 2.24. The number of methoxy groups -OCH3 is 2. The van der Waals surface area contributed by atoms with Gasteiger partial charge in [-0.25, -0.2) is 0 Å². The van der Waals surface area contributed by atoms with Gasteiger partial charge in [0.1, 0.15) is 17.3 Å². The molecule has 0 atom stereocenters. The summed E-state index contributed by atoms with van der Waals surface area (Å²) in [7, 11) is 4.66. The van der Waals surface area contributed by atoms with Crippen LogP contribution >= 0.6 is 0 Å². The minimum Gasteiger partial charge on any atom is -0.497 e. The van der Waals surface area contributed by atoms with E-state index >= 15 is 0 Å². The number of aryl methyl sites for hydroxylation is 1. The number of anilines is 1. The number of hydrogen-bond acceptors (Lipinski definition) is 6. The van der Waals surface area contributed by atoms with E-state index in [1.54, 1.807) is 43.6 Å². The number of amides is 2. The minimum atomic E-state index is -0.435. The van der Waals surface area contributed by atoms with Crippen LogP contribution in [0.25, 0.3) is 0 Å². The van der Waals surface area contributed by atoms with Crippen molar-refractivity contribution in [2.75, 3.05) is 19.5 Å². The number of nitrogens with one attached hydrogen (secondary N) is 2. The fraction of sp³-hybridized carbons (Fsp3) is 0.211. The molecule has 3 aromatic rings. The van der Waals surface area contributed by atoms with Gasteiger partial charge >= 0.3 is 0 Å². The summed E-state index contributed by atoms with van der Waals surface area (Å²) >= 11 is 0. The van der Waals surface area contributed by atoms with Crippen molar-refractivity contribution in [1.82, 2.24) is 15.1 Å². The summed E-state index contributed by atoms with van der Waals surface area (Å²) in [5.41, 5.74) is 0.700. The van der Waals surface area contributed by atoms with Crippen LogP contribution in [0.5, 0.6) is 11.5 Å². The molecule has 3 rings (SSSR count). The second kappa shape index (κ2) is 8.30. The lowest BCUT2D eigenvalue weighted by Crippen LogP contribution is -2.25. The Bertz CT molecular complexity index is 956. The fourth-order valence-electron chi connectivity index (χ4n) is 2.54. The van der Waals surface area contributed by atoms with Crippen LogP contribution in [0, 0.1) is 0 Å². The summed E-state index contributed by atoms with van der Waals surface area (Å²) < 4.78 is 17.0. The van der Waals surface area contributed by atoms with Gasteiger partial charge in [-0.3, -0.25) is 14.3 Å². The third-order valence-corrected chi connectivity index (χ3v) is 3.91. The van der Waals surface area contributed by atoms with Crippen LogP contribution in [-0.2, 0) is 13.6 Å². The van der Waals surface area contributed by atoms with Crippen molar-refractivity contribution in [3.8, 4) is 11.5 Å². The van der Waals surface area contributed by atoms with Crippen molar-refractivity contribution in [2.24, 2.45) is 7.05 Å². The van der Waals surface area contributed by atoms with Gasteiger partial charge in [-0.1, -0.05) is 0 Å². The molecule has 1 aromatic carbocycles. The number of furan rings is 1. The molecule has 0 bridgehead atoms. The van der Waals surface area contributed by atoms with Crippen LogP contribution in [0.4, 0.5) is 5.69 Å². The Kier molecular flexibility index (Phi) is 5.64. The zero-order chi connectivity index (χ0) is 20.1. The number of carbonyl (C=O) groups is 2. The number of carbonyl (C=O) groups excluding carboxylic acids is 2. The van der Waals surface area contributed by atoms with Crippen LogP contribution in [0.3, 0.4) is 0 Å². The minimum absolute atomic E-state index is 0.0947. The molecular formula is C19H20N4O5. The summed E-state index contributed by atoms with van der Waals surface area (Å²) in [5, 5.41) is 9.55. The van der Waals surface area contributed by atoms with E-state index in [1.165, 1.54) is 25.2 Å². The molecule has 0 aliphatic rings. The van der Waals surface area contributed by atoms with Crippen molar-refractivity contribution < 1.29 is 23.5 Å². The Morgan fingerprint density at radius 3 is 2.46 bits per heavy atom. The first-order valence-electron chi connectivity index (χ1n) is 8.39. The second-order valence-corrected chi connectivity index (χ2v) is 5.88. The molecule has 2 heterocycles. The average molecular weight is 384 g/mol. The smallest absolute Gasteiger partial charge is 0.274 e. The topological polar surface area (TPSA) is 108 Å². The van der Waals surface area contributed by atoms with Crippen molar-refractivity contribution in [3.05, 3.63) is 59.8 Å². The number of hydrogen-bond donors (Lipinski definition) is 2. The molecule has 0 fully saturated rings. The first-order valence-corrected chi connectivity index (χ1v) is 8.39. The highest BCUT2D eigenvalue weighted by Gasteiger charge is 2.19. The molecule has 28 heavy (non-hydrogen) atoms. The van der Waals surface area contributed by atoms with Gasteiger partial charge in [0, 0.05) is 24.9 Å². The lowest BCUT2D eigenvalue weighted by Gasteiger charge is -2.09. The second-order valence-electron chi connectivity index (χ2n) is 5.88. The first-order chi connectivity index (χ1) is 13.5. The monoisotopic (exact) mass is 384 g/mol. The third kappa shape index (κ3) is 4.32. The van der Waals surface area contributed by atoms with Crippen LogP contribution in [-0.4, -0.2) is 35.8 Å². The fourth-order valence-corrected chi connectivity index (χ4v) is 2.54. The molecule has 0 saturated carbocycles. The van der Waals surface area contributed by atoms with E-state index in [9.17, 15) is 9.59 Å². The van der Waals surface area contributed by atoms with E-state index in [1.807, 2.05) is 0 Å². The molecule has 0 spiro atoms. The van der Waals surface area contributed by atoms with E-state index < -0.39 is 11.8 Å². The van der Waals surface area contributed by atoms with Crippen molar-refractivity contribution in [2.45, 2.75) is 6.54 Å². The molecule has 0 unspecified atom stereocenters. The van der Waals surface area contributed by atoms with Gasteiger partial charge in [0.25, 0.3) is 11.8 Å². The normalized spacial score (nSPS) is 10.4. The Hall–Kier alpha value is -3.75. The molecule has 2 aromatic heterocycles. The molecule has 0 aliphatic carbocycles. The molecule has 0 saturated heterocycles. The van der Waals surface area contributed by atoms with Crippen molar-refractivity contribution in [3.63, 3.8) is 0 Å². The summed E-state index contributed by atoms with van der Waals surface area (Å²) in [6.45, 7) is 0.211. The first kappa shape index (κ1) is 19.0. The van der Waals surface area contributed by atoms with Crippen molar-refractivity contribution >= 4 is 17.5 Å². The number of aromatic nitrogens is 2. The summed E-state index contributed by atoms with van der Waals surface area (Å²) in [5.74, 6) is 0.707. The molecule has 0 radical (unpaired) electrons. The predicted molar refractivity (Wildman–Crippen MR) is 101 cm³/mol. The van der Waals surface area contributed by atoms with E-state index in [-0.39, 0.29) is 17.9 Å². The Labute approximate surface area is 161 Å². The van der Waals surface area contributed by atoms with Gasteiger partial charge in [0.05, 0.1) is 32.7 Å². The summed E-state index contributed by atoms with van der Waals surface area (Å²) in [6, 6.07) is 8.29. The van der Waals surface area contributed by atoms with Gasteiger partial charge in [-0.15, -0.1) is 0 Å². The maximum atomic E-state index is 12.7. The van der Waals surface area contributed by atoms with Gasteiger partial charge < -0.3 is 24.5 Å². The van der Waals surface area contributed by atoms with Crippen LogP contribution in [0.1, 0.15) is 26.6 Å². The lowest BCUT2D eigenvalue weighted by atomic mass is 10.2. The van der Waals surface area contributed by atoms with Gasteiger partial charge in [0.15, 0.2) is 5.69 Å². The zero-order valence-electron chi connectivity index (χ0n) is 15.7. The molecular weight excluding hydrogens is 364 g/mol. The van der Waals surface area contributed by atoms with Gasteiger partial charge in [0.2, 0.25) is 0 Å². The average Bonchev–Trinajstić information content (AvgIpc) is 3.35. The van der Waals surface area contributed by atoms with E-state index in [0.29, 0.717) is 22.8 Å². The Morgan fingerprint density at radius 2 is 1.86 bits per heavy atom. The number of nitrogens with zero attached hydrogens (tertiary/aromatic N) is 2. The lowest BCUT2D eigenvalue weighted by molar-refractivity contribution is 0.0943. The van der Waals surface area contributed by atoms with E-state index in [0.717, 1.165) is 0 Å². The number of rotatable bonds is 7. The SMILES string of the molecule is COc1cc(OC)cc(C(=O)Nc2cn(C)nc2C(=O)NCc2ccco2)c1. The number of benzene rings is 1. The van der Waals surface area contributed by atoms with Crippen LogP contribution in [0.2, 0.25) is 0 Å². The maximum absolute atomic E-state index is 12.7. The summed E-state index contributed by atoms with van der Waals surface area (Å²) in [4.78, 5) is 25.1. The molecule has 0 aliphatic heterocycles. The quantitative estimate of drug-likeness (QED) is 0.647. The highest BCUT2D eigenvalue weighted by molar-refractivity contribution is 6.08. The molecule has 146 valence electrons. The largest absolute Gasteiger partial charge is 0.497 e.